The van der Waals surface area contributed by atoms with Crippen LogP contribution in [0, 0.1) is 26.1 Å². The maximum atomic E-state index is 14.9. The van der Waals surface area contributed by atoms with Gasteiger partial charge in [0, 0.05) is 36.9 Å². The van der Waals surface area contributed by atoms with Crippen molar-refractivity contribution in [2.75, 3.05) is 12.4 Å². The zero-order chi connectivity index (χ0) is 41.2. The van der Waals surface area contributed by atoms with Gasteiger partial charge in [-0.05, 0) is 69.5 Å². The summed E-state index contributed by atoms with van der Waals surface area (Å²) in [6.07, 6.45) is 0.0155. The van der Waals surface area contributed by atoms with Crippen molar-refractivity contribution < 1.29 is 43.6 Å². The van der Waals surface area contributed by atoms with E-state index in [4.69, 9.17) is 9.47 Å². The van der Waals surface area contributed by atoms with Crippen LogP contribution >= 0.6 is 18.6 Å². The van der Waals surface area contributed by atoms with E-state index in [9.17, 15) is 44.5 Å². The molecule has 0 aliphatic carbocycles. The van der Waals surface area contributed by atoms with E-state index >= 15 is 0 Å². The topological polar surface area (TPSA) is 196 Å². The summed E-state index contributed by atoms with van der Waals surface area (Å²) >= 11 is 0.778. The average molecular weight is 822 g/mol. The highest BCUT2D eigenvalue weighted by Gasteiger charge is 2.56. The number of hydrogen-bond acceptors (Lipinski definition) is 12. The molecule has 296 valence electrons. The average Bonchev–Trinajstić information content (AvgIpc) is 3.26. The van der Waals surface area contributed by atoms with Gasteiger partial charge >= 0.3 is 11.3 Å². The molecule has 1 fully saturated rings. The van der Waals surface area contributed by atoms with Gasteiger partial charge < -0.3 is 14.6 Å². The third-order valence-corrected chi connectivity index (χ3v) is 14.6. The summed E-state index contributed by atoms with van der Waals surface area (Å²) in [5.74, 6) is -3.18. The molecule has 0 unspecified atom stereocenters. The Morgan fingerprint density at radius 1 is 0.672 bits per heavy atom. The van der Waals surface area contributed by atoms with Crippen LogP contribution < -0.4 is 15.9 Å². The first kappa shape index (κ1) is 41.2. The van der Waals surface area contributed by atoms with E-state index in [0.717, 1.165) is 16.7 Å². The van der Waals surface area contributed by atoms with Crippen LogP contribution in [0.15, 0.2) is 140 Å². The van der Waals surface area contributed by atoms with Gasteiger partial charge in [0.1, 0.15) is 31.3 Å². The van der Waals surface area contributed by atoms with Gasteiger partial charge in [-0.2, -0.15) is 0 Å². The number of amides is 1. The second-order valence-corrected chi connectivity index (χ2v) is 17.3. The second-order valence-electron chi connectivity index (χ2n) is 13.0. The molecule has 0 spiro atoms. The summed E-state index contributed by atoms with van der Waals surface area (Å²) in [5, 5.41) is 33.8. The number of nitro benzene ring substituents is 2. The van der Waals surface area contributed by atoms with Crippen LogP contribution in [-0.2, 0) is 37.1 Å². The third kappa shape index (κ3) is 8.76. The van der Waals surface area contributed by atoms with Gasteiger partial charge in [0.2, 0.25) is 5.91 Å². The lowest BCUT2D eigenvalue weighted by atomic mass is 9.82. The maximum absolute atomic E-state index is 14.9. The number of nitro groups is 2. The Morgan fingerprint density at radius 3 is 1.52 bits per heavy atom. The number of carbonyl (C=O) groups excluding carboxylic acids is 4. The molecule has 1 amide bonds. The van der Waals surface area contributed by atoms with Gasteiger partial charge in [-0.15, -0.1) is 0 Å². The highest BCUT2D eigenvalue weighted by atomic mass is 32.2. The summed E-state index contributed by atoms with van der Waals surface area (Å²) in [6, 6.07) is 37.1. The van der Waals surface area contributed by atoms with Crippen LogP contribution in [0.1, 0.15) is 17.5 Å². The Labute approximate surface area is 336 Å². The molecule has 1 saturated heterocycles. The van der Waals surface area contributed by atoms with Gasteiger partial charge in [0.05, 0.1) is 15.8 Å². The molecule has 1 aliphatic heterocycles. The molecule has 0 radical (unpaired) electrons. The van der Waals surface area contributed by atoms with Crippen LogP contribution in [0.3, 0.4) is 0 Å². The Morgan fingerprint density at radius 2 is 1.10 bits per heavy atom. The lowest BCUT2D eigenvalue weighted by Crippen LogP contribution is -2.69. The first-order valence-corrected chi connectivity index (χ1v) is 20.7. The molecule has 14 nitrogen and oxygen atoms in total. The molecule has 5 aromatic rings. The first-order valence-electron chi connectivity index (χ1n) is 17.9. The molecule has 0 bridgehead atoms. The fraction of sp³-hybridized carbons (Fsp3) is 0.167. The number of esters is 1. The molecule has 58 heavy (non-hydrogen) atoms. The van der Waals surface area contributed by atoms with E-state index in [1.54, 1.807) is 0 Å². The molecule has 1 N–H and O–H groups in total. The van der Waals surface area contributed by atoms with E-state index in [-0.39, 0.29) is 42.2 Å². The summed E-state index contributed by atoms with van der Waals surface area (Å²) < 4.78 is 11.3. The minimum Gasteiger partial charge on any atom is -0.456 e. The number of nitrogens with zero attached hydrogens (tertiary/aromatic N) is 3. The van der Waals surface area contributed by atoms with Crippen LogP contribution in [0.25, 0.3) is 0 Å². The number of Topliss-reactive ketones (excluding diaryl/α,β-unsaturated/α-hetero) is 1. The molecule has 0 saturated carbocycles. The first-order chi connectivity index (χ1) is 28.1. The highest BCUT2D eigenvalue weighted by molar-refractivity contribution is 8.13. The quantitative estimate of drug-likeness (QED) is 0.0431. The largest absolute Gasteiger partial charge is 0.456 e. The molecule has 6 rings (SSSR count). The number of ketones is 1. The predicted octanol–water partition coefficient (Wildman–Crippen LogP) is 5.52. The van der Waals surface area contributed by atoms with Crippen LogP contribution in [0.4, 0.5) is 16.2 Å². The van der Waals surface area contributed by atoms with Gasteiger partial charge in [-0.3, -0.25) is 34.7 Å². The second kappa shape index (κ2) is 18.7. The third-order valence-electron chi connectivity index (χ3n) is 9.53. The van der Waals surface area contributed by atoms with Gasteiger partial charge in [0.15, 0.2) is 5.78 Å². The van der Waals surface area contributed by atoms with E-state index < -0.39 is 58.3 Å². The predicted molar refractivity (Wildman–Crippen MR) is 220 cm³/mol. The van der Waals surface area contributed by atoms with Crippen LogP contribution in [0.5, 0.6) is 0 Å². The number of aliphatic hydroxyl groups is 1. The van der Waals surface area contributed by atoms with Crippen molar-refractivity contribution in [3.8, 4) is 0 Å². The number of hydrogen-bond donors (Lipinski definition) is 1. The molecule has 2 atom stereocenters. The van der Waals surface area contributed by atoms with Gasteiger partial charge in [-0.1, -0.05) is 91.0 Å². The Hall–Kier alpha value is -6.41. The number of non-ortho nitro benzene ring substituents is 2. The lowest BCUT2D eigenvalue weighted by Gasteiger charge is -2.49. The fourth-order valence-corrected chi connectivity index (χ4v) is 11.8. The highest BCUT2D eigenvalue weighted by Crippen LogP contribution is 2.50. The molecule has 16 heteroatoms. The summed E-state index contributed by atoms with van der Waals surface area (Å²) in [4.78, 5) is 78.2. The van der Waals surface area contributed by atoms with E-state index in [1.807, 2.05) is 91.0 Å². The molecule has 5 aromatic carbocycles. The van der Waals surface area contributed by atoms with Crippen molar-refractivity contribution in [2.45, 2.75) is 25.7 Å². The summed E-state index contributed by atoms with van der Waals surface area (Å²) in [5.41, 5.74) is 0.618. The van der Waals surface area contributed by atoms with Gasteiger partial charge in [-0.25, -0.2) is 9.59 Å². The summed E-state index contributed by atoms with van der Waals surface area (Å²) in [7, 11) is 0. The van der Waals surface area contributed by atoms with Crippen molar-refractivity contribution >= 4 is 74.3 Å². The minimum atomic E-state index is -3.42. The monoisotopic (exact) mass is 821 g/mol. The SMILES string of the molecule is O=C(OCc1ccc([N+](=O)[O-])cc1)SCC[C@@H]1C(=O)N(C(C(=O)OCc2ccc([N+](=O)[O-])cc2)=P(c2ccccc2)(c2ccccc2)c2ccccc2)[C@H]1C(=O)CO. The zero-order valence-corrected chi connectivity index (χ0v) is 32.4. The normalized spacial score (nSPS) is 14.8. The van der Waals surface area contributed by atoms with Gasteiger partial charge in [0.25, 0.3) is 11.4 Å². The Balaban J connectivity index is 1.39. The van der Waals surface area contributed by atoms with Crippen molar-refractivity contribution in [3.05, 3.63) is 171 Å². The number of benzene rings is 5. The van der Waals surface area contributed by atoms with Crippen LogP contribution in [0.2, 0.25) is 0 Å². The zero-order valence-electron chi connectivity index (χ0n) is 30.7. The molecule has 0 aromatic heterocycles. The number of thioether (sulfide) groups is 1. The number of aliphatic hydroxyl groups excluding tert-OH is 1. The molecule has 1 heterocycles. The molecule has 1 aliphatic rings. The smallest absolute Gasteiger partial charge is 0.367 e. The molecular weight excluding hydrogens is 786 g/mol. The fourth-order valence-electron chi connectivity index (χ4n) is 6.79. The van der Waals surface area contributed by atoms with Crippen molar-refractivity contribution in [2.24, 2.45) is 5.92 Å². The maximum Gasteiger partial charge on any atom is 0.367 e. The van der Waals surface area contributed by atoms with E-state index in [0.29, 0.717) is 27.0 Å². The number of rotatable bonds is 16. The number of ether oxygens (including phenoxy) is 2. The minimum absolute atomic E-state index is 0.0155. The van der Waals surface area contributed by atoms with E-state index in [2.05, 4.69) is 0 Å². The van der Waals surface area contributed by atoms with Crippen molar-refractivity contribution in [1.29, 1.82) is 0 Å². The number of carbonyl (C=O) groups is 4. The lowest BCUT2D eigenvalue weighted by molar-refractivity contribution is -0.385. The summed E-state index contributed by atoms with van der Waals surface area (Å²) in [6.45, 7) is -4.81. The standard InChI is InChI=1S/C42H36N3O11PS/c46-26-37(47)38-36(24-25-58-42(50)56-28-30-18-22-32(23-19-30)45(53)54)39(48)43(38)40(41(49)55-27-29-16-20-31(21-17-29)44(51)52)57(33-10-4-1-5-11-33,34-12-6-2-7-13-34)35-14-8-3-9-15-35/h1-23,36,38,46H,24-28H2/t36-,38+/m0/s1. The Bertz CT molecular complexity index is 2260. The number of β-lactam (4-membered cyclic amide) rings is 1. The Kier molecular flexibility index (Phi) is 13.3. The molecular formula is C42H36N3O11PS. The van der Waals surface area contributed by atoms with Crippen molar-refractivity contribution in [1.82, 2.24) is 4.90 Å². The number of likely N-dealkylation sites (tertiary alicyclic amines) is 1. The van der Waals surface area contributed by atoms with Crippen LogP contribution in [-0.4, -0.2) is 66.6 Å². The van der Waals surface area contributed by atoms with Crippen molar-refractivity contribution in [3.63, 3.8) is 0 Å². The van der Waals surface area contributed by atoms with E-state index in [1.165, 1.54) is 48.5 Å².